The van der Waals surface area contributed by atoms with Crippen molar-refractivity contribution in [1.29, 1.82) is 0 Å². The van der Waals surface area contributed by atoms with Gasteiger partial charge in [-0.25, -0.2) is 4.68 Å². The lowest BCUT2D eigenvalue weighted by atomic mass is 9.97. The van der Waals surface area contributed by atoms with Crippen LogP contribution in [0.2, 0.25) is 5.02 Å². The second-order valence-corrected chi connectivity index (χ2v) is 9.68. The van der Waals surface area contributed by atoms with E-state index in [9.17, 15) is 0 Å². The van der Waals surface area contributed by atoms with Crippen molar-refractivity contribution >= 4 is 11.6 Å². The maximum absolute atomic E-state index is 6.65. The summed E-state index contributed by atoms with van der Waals surface area (Å²) >= 11 is 6.18. The predicted octanol–water partition coefficient (Wildman–Crippen LogP) is 5.87. The Labute approximate surface area is 188 Å². The molecule has 0 saturated heterocycles. The summed E-state index contributed by atoms with van der Waals surface area (Å²) in [5, 5.41) is 5.80. The van der Waals surface area contributed by atoms with Crippen LogP contribution in [0, 0.1) is 11.8 Å². The minimum Gasteiger partial charge on any atom is -0.494 e. The Balaban J connectivity index is 1.37. The molecule has 6 rings (SSSR count). The van der Waals surface area contributed by atoms with Gasteiger partial charge in [0.1, 0.15) is 11.4 Å². The smallest absolute Gasteiger partial charge is 0.144 e. The fourth-order valence-corrected chi connectivity index (χ4v) is 6.10. The molecule has 0 radical (unpaired) electrons. The fourth-order valence-electron chi connectivity index (χ4n) is 5.97. The van der Waals surface area contributed by atoms with Gasteiger partial charge in [-0.1, -0.05) is 35.9 Å². The summed E-state index contributed by atoms with van der Waals surface area (Å²) in [6, 6.07) is 16.1. The molecule has 0 amide bonds. The number of fused-ring (bicyclic) bond motifs is 3. The molecule has 5 heteroatoms. The van der Waals surface area contributed by atoms with Crippen LogP contribution in [-0.4, -0.2) is 29.1 Å². The molecule has 1 heterocycles. The average Bonchev–Trinajstić information content (AvgIpc) is 3.55. The van der Waals surface area contributed by atoms with E-state index in [0.717, 1.165) is 58.1 Å². The molecule has 0 unspecified atom stereocenters. The van der Waals surface area contributed by atoms with Crippen LogP contribution in [0.3, 0.4) is 0 Å². The van der Waals surface area contributed by atoms with Crippen molar-refractivity contribution in [2.24, 2.45) is 11.8 Å². The predicted molar refractivity (Wildman–Crippen MR) is 122 cm³/mol. The van der Waals surface area contributed by atoms with Crippen molar-refractivity contribution in [3.8, 4) is 22.7 Å². The third-order valence-electron chi connectivity index (χ3n) is 7.39. The Bertz CT molecular complexity index is 1110. The lowest BCUT2D eigenvalue weighted by Crippen LogP contribution is -2.27. The van der Waals surface area contributed by atoms with E-state index in [4.69, 9.17) is 26.2 Å². The van der Waals surface area contributed by atoms with Gasteiger partial charge in [0.15, 0.2) is 0 Å². The average molecular weight is 435 g/mol. The number of hydrogen-bond acceptors (Lipinski definition) is 3. The highest BCUT2D eigenvalue weighted by molar-refractivity contribution is 6.30. The molecule has 31 heavy (non-hydrogen) atoms. The first-order valence-electron chi connectivity index (χ1n) is 11.3. The van der Waals surface area contributed by atoms with Crippen LogP contribution >= 0.6 is 11.6 Å². The van der Waals surface area contributed by atoms with Crippen molar-refractivity contribution in [1.82, 2.24) is 9.78 Å². The van der Waals surface area contributed by atoms with E-state index in [1.54, 1.807) is 7.11 Å². The summed E-state index contributed by atoms with van der Waals surface area (Å²) in [5.74, 6) is 2.49. The van der Waals surface area contributed by atoms with Crippen LogP contribution in [0.1, 0.15) is 36.9 Å². The molecule has 2 fully saturated rings. The Morgan fingerprint density at radius 1 is 1.00 bits per heavy atom. The van der Waals surface area contributed by atoms with Crippen molar-refractivity contribution < 1.29 is 9.47 Å². The van der Waals surface area contributed by atoms with Gasteiger partial charge in [-0.2, -0.15) is 5.10 Å². The third kappa shape index (κ3) is 3.37. The molecule has 1 aromatic heterocycles. The summed E-state index contributed by atoms with van der Waals surface area (Å²) in [7, 11) is 1.71. The van der Waals surface area contributed by atoms with Gasteiger partial charge in [0.2, 0.25) is 0 Å². The van der Waals surface area contributed by atoms with Gasteiger partial charge in [0, 0.05) is 29.0 Å². The molecule has 2 saturated carbocycles. The molecule has 4 nitrogen and oxygen atoms in total. The lowest BCUT2D eigenvalue weighted by molar-refractivity contribution is -0.0345. The van der Waals surface area contributed by atoms with Gasteiger partial charge in [0.05, 0.1) is 30.7 Å². The number of para-hydroxylation sites is 2. The Hall–Kier alpha value is -2.30. The molecule has 0 aliphatic heterocycles. The molecule has 3 aliphatic carbocycles. The van der Waals surface area contributed by atoms with Gasteiger partial charge >= 0.3 is 0 Å². The van der Waals surface area contributed by atoms with Gasteiger partial charge in [0.25, 0.3) is 0 Å². The molecule has 4 atom stereocenters. The van der Waals surface area contributed by atoms with Crippen LogP contribution in [0.15, 0.2) is 48.5 Å². The number of hydrogen-bond donors (Lipinski definition) is 0. The maximum Gasteiger partial charge on any atom is 0.144 e. The van der Waals surface area contributed by atoms with E-state index >= 15 is 0 Å². The standard InChI is InChI=1S/C26H27ClN2O2/c1-30-24-5-3-2-4-23(24)29-26(17-8-10-19(27)11-9-17)21-14-20(15-22(21)28-29)31-25-13-16-6-7-18(25)12-16/h2-5,8-11,16,18,20,25H,6-7,12-15H2,1H3/t16-,18+,20+,25+/m1/s1. The Kier molecular flexibility index (Phi) is 4.81. The van der Waals surface area contributed by atoms with E-state index in [2.05, 4.69) is 18.2 Å². The summed E-state index contributed by atoms with van der Waals surface area (Å²) in [6.07, 6.45) is 7.86. The van der Waals surface area contributed by atoms with Gasteiger partial charge in [-0.05, 0) is 61.8 Å². The van der Waals surface area contributed by atoms with Crippen LogP contribution in [0.5, 0.6) is 5.75 Å². The number of nitrogens with zero attached hydrogens (tertiary/aromatic N) is 2. The van der Waals surface area contributed by atoms with E-state index in [-0.39, 0.29) is 6.10 Å². The molecule has 2 bridgehead atoms. The lowest BCUT2D eigenvalue weighted by Gasteiger charge is -2.26. The number of halogens is 1. The third-order valence-corrected chi connectivity index (χ3v) is 7.64. The number of benzene rings is 2. The number of ether oxygens (including phenoxy) is 2. The normalized spacial score (nSPS) is 26.4. The highest BCUT2D eigenvalue weighted by atomic mass is 35.5. The van der Waals surface area contributed by atoms with Crippen LogP contribution in [-0.2, 0) is 17.6 Å². The fraction of sp³-hybridized carbons (Fsp3) is 0.423. The molecule has 3 aromatic rings. The monoisotopic (exact) mass is 434 g/mol. The molecule has 0 spiro atoms. The van der Waals surface area contributed by atoms with Gasteiger partial charge < -0.3 is 9.47 Å². The van der Waals surface area contributed by atoms with Crippen LogP contribution in [0.4, 0.5) is 0 Å². The second-order valence-electron chi connectivity index (χ2n) is 9.24. The first-order valence-corrected chi connectivity index (χ1v) is 11.7. The summed E-state index contributed by atoms with van der Waals surface area (Å²) in [6.45, 7) is 0. The van der Waals surface area contributed by atoms with Crippen LogP contribution < -0.4 is 4.74 Å². The van der Waals surface area contributed by atoms with Crippen LogP contribution in [0.25, 0.3) is 16.9 Å². The maximum atomic E-state index is 6.65. The topological polar surface area (TPSA) is 36.3 Å². The van der Waals surface area contributed by atoms with E-state index < -0.39 is 0 Å². The summed E-state index contributed by atoms with van der Waals surface area (Å²) in [4.78, 5) is 0. The first kappa shape index (κ1) is 19.4. The quantitative estimate of drug-likeness (QED) is 0.503. The van der Waals surface area contributed by atoms with Gasteiger partial charge in [-0.15, -0.1) is 0 Å². The summed E-state index contributed by atoms with van der Waals surface area (Å²) < 4.78 is 14.3. The van der Waals surface area contributed by atoms with E-state index in [0.29, 0.717) is 6.10 Å². The molecule has 160 valence electrons. The zero-order valence-electron chi connectivity index (χ0n) is 17.8. The number of rotatable bonds is 5. The Morgan fingerprint density at radius 2 is 1.84 bits per heavy atom. The highest BCUT2D eigenvalue weighted by Gasteiger charge is 2.42. The number of aromatic nitrogens is 2. The zero-order valence-corrected chi connectivity index (χ0v) is 18.5. The molecular weight excluding hydrogens is 408 g/mol. The Morgan fingerprint density at radius 3 is 2.58 bits per heavy atom. The highest BCUT2D eigenvalue weighted by Crippen LogP contribution is 2.47. The van der Waals surface area contributed by atoms with Crippen molar-refractivity contribution in [2.45, 2.75) is 50.7 Å². The second kappa shape index (κ2) is 7.68. The zero-order chi connectivity index (χ0) is 20.9. The molecule has 2 aromatic carbocycles. The SMILES string of the molecule is COc1ccccc1-n1nc2c(c1-c1ccc(Cl)cc1)C[C@H](O[C@H]1C[C@@H]3CC[C@H]1C3)C2. The van der Waals surface area contributed by atoms with E-state index in [1.165, 1.54) is 31.2 Å². The van der Waals surface area contributed by atoms with Crippen molar-refractivity contribution in [2.75, 3.05) is 7.11 Å². The first-order chi connectivity index (χ1) is 15.2. The molecular formula is C26H27ClN2O2. The van der Waals surface area contributed by atoms with Gasteiger partial charge in [-0.3, -0.25) is 0 Å². The minimum atomic E-state index is 0.236. The molecule has 3 aliphatic rings. The van der Waals surface area contributed by atoms with E-state index in [1.807, 2.05) is 35.0 Å². The largest absolute Gasteiger partial charge is 0.494 e. The molecule has 0 N–H and O–H groups in total. The van der Waals surface area contributed by atoms with Crippen molar-refractivity contribution in [3.63, 3.8) is 0 Å². The van der Waals surface area contributed by atoms with Crippen molar-refractivity contribution in [3.05, 3.63) is 64.8 Å². The number of methoxy groups -OCH3 is 1. The minimum absolute atomic E-state index is 0.236. The summed E-state index contributed by atoms with van der Waals surface area (Å²) in [5.41, 5.74) is 5.63.